The Hall–Kier alpha value is -3.47. The number of aliphatic carboxylic acids is 1. The molecule has 1 N–H and O–H groups in total. The average Bonchev–Trinajstić information content (AvgIpc) is 3.60. The fourth-order valence-corrected chi connectivity index (χ4v) is 6.67. The zero-order valence-electron chi connectivity index (χ0n) is 20.7. The van der Waals surface area contributed by atoms with Crippen LogP contribution in [0.25, 0.3) is 32.8 Å². The van der Waals surface area contributed by atoms with Crippen molar-refractivity contribution in [3.8, 4) is 11.1 Å². The summed E-state index contributed by atoms with van der Waals surface area (Å²) in [4.78, 5) is 31.4. The number of fused-ring (bicyclic) bond motifs is 1. The molecule has 35 heavy (non-hydrogen) atoms. The monoisotopic (exact) mass is 466 g/mol. The smallest absolute Gasteiger partial charge is 0.316 e. The maximum absolute atomic E-state index is 13.6. The summed E-state index contributed by atoms with van der Waals surface area (Å²) in [5, 5.41) is 13.3. The van der Waals surface area contributed by atoms with Crippen molar-refractivity contribution in [1.29, 1.82) is 0 Å². The number of rotatable bonds is 3. The van der Waals surface area contributed by atoms with Gasteiger partial charge in [0.15, 0.2) is 0 Å². The van der Waals surface area contributed by atoms with Crippen LogP contribution in [0.2, 0.25) is 0 Å². The Morgan fingerprint density at radius 3 is 2.40 bits per heavy atom. The topological polar surface area (TPSA) is 72.2 Å². The summed E-state index contributed by atoms with van der Waals surface area (Å²) in [6, 6.07) is 14.0. The Morgan fingerprint density at radius 1 is 1.06 bits per heavy atom. The minimum Gasteiger partial charge on any atom is -0.481 e. The zero-order chi connectivity index (χ0) is 24.7. The highest BCUT2D eigenvalue weighted by Crippen LogP contribution is 2.63. The molecule has 0 radical (unpaired) electrons. The number of pyridine rings is 2. The number of aryl methyl sites for hydroxylation is 2. The minimum absolute atomic E-state index is 0.0778. The second kappa shape index (κ2) is 7.27. The van der Waals surface area contributed by atoms with E-state index in [0.29, 0.717) is 17.5 Å². The summed E-state index contributed by atoms with van der Waals surface area (Å²) >= 11 is 0. The van der Waals surface area contributed by atoms with Gasteiger partial charge in [0.2, 0.25) is 0 Å². The van der Waals surface area contributed by atoms with Gasteiger partial charge in [-0.05, 0) is 65.7 Å². The summed E-state index contributed by atoms with van der Waals surface area (Å²) < 4.78 is 1.60. The summed E-state index contributed by atoms with van der Waals surface area (Å²) in [6.07, 6.45) is 5.53. The van der Waals surface area contributed by atoms with Crippen LogP contribution >= 0.6 is 0 Å². The second-order valence-corrected chi connectivity index (χ2v) is 11.4. The number of benzene rings is 2. The summed E-state index contributed by atoms with van der Waals surface area (Å²) in [5.74, 6) is -0.939. The molecule has 5 heteroatoms. The number of carboxylic acids is 1. The Kier molecular flexibility index (Phi) is 4.57. The van der Waals surface area contributed by atoms with E-state index in [1.807, 2.05) is 30.5 Å². The van der Waals surface area contributed by atoms with Gasteiger partial charge in [0.1, 0.15) is 5.41 Å². The predicted octanol–water partition coefficient (Wildman–Crippen LogP) is 5.63. The molecule has 2 heterocycles. The van der Waals surface area contributed by atoms with Crippen LogP contribution in [0.3, 0.4) is 0 Å². The van der Waals surface area contributed by atoms with Crippen molar-refractivity contribution in [3.63, 3.8) is 0 Å². The van der Waals surface area contributed by atoms with E-state index < -0.39 is 11.4 Å². The number of hydrogen-bond acceptors (Lipinski definition) is 3. The predicted molar refractivity (Wildman–Crippen MR) is 139 cm³/mol. The first-order valence-electron chi connectivity index (χ1n) is 12.4. The lowest BCUT2D eigenvalue weighted by Crippen LogP contribution is -2.35. The number of carbonyl (C=O) groups is 1. The van der Waals surface area contributed by atoms with Gasteiger partial charge in [-0.15, -0.1) is 0 Å². The largest absolute Gasteiger partial charge is 0.481 e. The van der Waals surface area contributed by atoms with Crippen LogP contribution in [0, 0.1) is 11.3 Å². The molecule has 0 spiro atoms. The lowest BCUT2D eigenvalue weighted by molar-refractivity contribution is -0.141. The molecule has 0 saturated heterocycles. The molecule has 2 aromatic heterocycles. The van der Waals surface area contributed by atoms with Crippen molar-refractivity contribution in [2.75, 3.05) is 0 Å². The van der Waals surface area contributed by atoms with Gasteiger partial charge >= 0.3 is 5.97 Å². The fraction of sp³-hybridized carbons (Fsp3) is 0.367. The second-order valence-electron chi connectivity index (χ2n) is 11.4. The Balaban J connectivity index is 1.79. The van der Waals surface area contributed by atoms with Gasteiger partial charge in [0.05, 0.1) is 5.52 Å². The molecule has 1 saturated carbocycles. The standard InChI is InChI=1S/C30H30N2O3/c1-29(2,3)22-16-30(22,28(34)35)26-24(19-10-5-6-11-20(19)27(33)32(26)4)21-13-12-17-8-7-9-18-14-15-31-25(21)23(17)18/h5-6,10-15,22H,7-9,16H2,1-4H3,(H,34,35). The van der Waals surface area contributed by atoms with Crippen molar-refractivity contribution in [2.24, 2.45) is 18.4 Å². The molecule has 2 atom stereocenters. The van der Waals surface area contributed by atoms with E-state index in [1.165, 1.54) is 16.5 Å². The van der Waals surface area contributed by atoms with Crippen LogP contribution < -0.4 is 5.56 Å². The maximum Gasteiger partial charge on any atom is 0.316 e. The lowest BCUT2D eigenvalue weighted by atomic mass is 9.79. The summed E-state index contributed by atoms with van der Waals surface area (Å²) in [7, 11) is 1.73. The third kappa shape index (κ3) is 2.97. The van der Waals surface area contributed by atoms with Crippen LogP contribution in [0.1, 0.15) is 50.4 Å². The fourth-order valence-electron chi connectivity index (χ4n) is 6.67. The summed E-state index contributed by atoms with van der Waals surface area (Å²) in [5.41, 5.74) is 4.34. The summed E-state index contributed by atoms with van der Waals surface area (Å²) in [6.45, 7) is 6.27. The molecule has 5 nitrogen and oxygen atoms in total. The van der Waals surface area contributed by atoms with Crippen LogP contribution in [0.5, 0.6) is 0 Å². The molecule has 2 unspecified atom stereocenters. The Labute approximate surface area is 204 Å². The van der Waals surface area contributed by atoms with Gasteiger partial charge < -0.3 is 9.67 Å². The molecule has 0 bridgehead atoms. The molecule has 2 aliphatic rings. The Bertz CT molecular complexity index is 1600. The third-order valence-corrected chi connectivity index (χ3v) is 8.34. The Morgan fingerprint density at radius 2 is 1.74 bits per heavy atom. The maximum atomic E-state index is 13.6. The highest BCUT2D eigenvalue weighted by Gasteiger charge is 2.67. The molecule has 0 amide bonds. The molecule has 4 aromatic rings. The van der Waals surface area contributed by atoms with Crippen molar-refractivity contribution in [3.05, 3.63) is 75.8 Å². The SMILES string of the molecule is Cn1c(C2(C(=O)O)CC2C(C)(C)C)c(-c2ccc3c4c(ccnc24)CCC3)c2ccccc2c1=O. The van der Waals surface area contributed by atoms with Gasteiger partial charge in [0, 0.05) is 40.8 Å². The van der Waals surface area contributed by atoms with E-state index in [1.54, 1.807) is 11.6 Å². The molecule has 2 aliphatic carbocycles. The highest BCUT2D eigenvalue weighted by atomic mass is 16.4. The van der Waals surface area contributed by atoms with Crippen LogP contribution in [0.15, 0.2) is 53.5 Å². The first-order valence-corrected chi connectivity index (χ1v) is 12.4. The minimum atomic E-state index is -1.12. The van der Waals surface area contributed by atoms with Gasteiger partial charge in [-0.1, -0.05) is 51.1 Å². The first-order chi connectivity index (χ1) is 16.7. The van der Waals surface area contributed by atoms with E-state index in [9.17, 15) is 14.7 Å². The van der Waals surface area contributed by atoms with Gasteiger partial charge in [0.25, 0.3) is 5.56 Å². The number of hydrogen-bond donors (Lipinski definition) is 1. The van der Waals surface area contributed by atoms with E-state index in [0.717, 1.165) is 41.3 Å². The van der Waals surface area contributed by atoms with Crippen LogP contribution in [0.4, 0.5) is 0 Å². The number of aromatic nitrogens is 2. The highest BCUT2D eigenvalue weighted by molar-refractivity contribution is 6.08. The first kappa shape index (κ1) is 22.0. The molecule has 6 rings (SSSR count). The average molecular weight is 467 g/mol. The van der Waals surface area contributed by atoms with Gasteiger partial charge in [-0.25, -0.2) is 0 Å². The van der Waals surface area contributed by atoms with E-state index >= 15 is 0 Å². The van der Waals surface area contributed by atoms with Crippen molar-refractivity contribution < 1.29 is 9.90 Å². The van der Waals surface area contributed by atoms with Gasteiger partial charge in [-0.3, -0.25) is 14.6 Å². The lowest BCUT2D eigenvalue weighted by Gasteiger charge is -2.28. The number of nitrogens with zero attached hydrogens (tertiary/aromatic N) is 2. The van der Waals surface area contributed by atoms with E-state index in [-0.39, 0.29) is 16.9 Å². The molecule has 178 valence electrons. The quantitative estimate of drug-likeness (QED) is 0.425. The van der Waals surface area contributed by atoms with Crippen LogP contribution in [-0.2, 0) is 30.1 Å². The molecule has 1 fully saturated rings. The van der Waals surface area contributed by atoms with E-state index in [2.05, 4.69) is 39.0 Å². The normalized spacial score (nSPS) is 21.4. The zero-order valence-corrected chi connectivity index (χ0v) is 20.7. The molecular weight excluding hydrogens is 436 g/mol. The molecular formula is C30H30N2O3. The van der Waals surface area contributed by atoms with Crippen molar-refractivity contribution in [1.82, 2.24) is 9.55 Å². The molecule has 2 aromatic carbocycles. The van der Waals surface area contributed by atoms with Crippen molar-refractivity contribution in [2.45, 2.75) is 51.9 Å². The van der Waals surface area contributed by atoms with Crippen molar-refractivity contribution >= 4 is 27.6 Å². The number of carboxylic acid groups (broad SMARTS) is 1. The van der Waals surface area contributed by atoms with Crippen LogP contribution in [-0.4, -0.2) is 20.6 Å². The van der Waals surface area contributed by atoms with Gasteiger partial charge in [-0.2, -0.15) is 0 Å². The third-order valence-electron chi connectivity index (χ3n) is 8.34. The molecule has 0 aliphatic heterocycles. The van der Waals surface area contributed by atoms with E-state index in [4.69, 9.17) is 4.98 Å².